The van der Waals surface area contributed by atoms with Crippen LogP contribution in [0.2, 0.25) is 0 Å². The third-order valence-corrected chi connectivity index (χ3v) is 8.12. The van der Waals surface area contributed by atoms with Crippen LogP contribution in [0.25, 0.3) is 0 Å². The smallest absolute Gasteiger partial charge is 0.330 e. The zero-order chi connectivity index (χ0) is 27.5. The Hall–Kier alpha value is -2.12. The molecule has 1 aliphatic heterocycles. The fraction of sp³-hybridized carbons (Fsp3) is 0.500. The standard InChI is InChI=1S/C22H28ClFN3O8PS/c1-12(2)33-19(30)14(4)26-36(37,35-15-8-6-5-7-9-15)32-11-16-17(28)22(23,24)20(34-16)27-10-13(3)18(29)25-21(27)31/h5-10,12,14,16-17,20,28H,11H2,1-4H3,(H,26,37)(H,25,29,31)/t14?,16-,17-,20-,22-,36?/m1/s1. The Morgan fingerprint density at radius 1 is 1.35 bits per heavy atom. The molecule has 204 valence electrons. The number of aromatic nitrogens is 2. The minimum absolute atomic E-state index is 0.100. The average Bonchev–Trinajstić information content (AvgIpc) is 3.03. The highest BCUT2D eigenvalue weighted by Gasteiger charge is 2.58. The van der Waals surface area contributed by atoms with Crippen molar-refractivity contribution in [2.24, 2.45) is 0 Å². The van der Waals surface area contributed by atoms with Crippen molar-refractivity contribution in [3.05, 3.63) is 62.9 Å². The van der Waals surface area contributed by atoms with E-state index in [1.165, 1.54) is 13.8 Å². The lowest BCUT2D eigenvalue weighted by Crippen LogP contribution is -2.42. The summed E-state index contributed by atoms with van der Waals surface area (Å²) in [6, 6.07) is 7.48. The van der Waals surface area contributed by atoms with Crippen molar-refractivity contribution >= 4 is 36.0 Å². The molecule has 37 heavy (non-hydrogen) atoms. The molecular formula is C22H28ClFN3O8PS. The highest BCUT2D eigenvalue weighted by molar-refractivity contribution is 8.09. The zero-order valence-electron chi connectivity index (χ0n) is 20.4. The number of carbonyl (C=O) groups excluding carboxylic acids is 1. The predicted molar refractivity (Wildman–Crippen MR) is 137 cm³/mol. The van der Waals surface area contributed by atoms with Crippen LogP contribution in [-0.2, 0) is 30.6 Å². The second-order valence-electron chi connectivity index (χ2n) is 8.66. The van der Waals surface area contributed by atoms with E-state index in [-0.39, 0.29) is 11.7 Å². The van der Waals surface area contributed by atoms with Gasteiger partial charge in [0.25, 0.3) is 10.7 Å². The maximum absolute atomic E-state index is 15.4. The number of rotatable bonds is 10. The van der Waals surface area contributed by atoms with Crippen LogP contribution in [0.15, 0.2) is 46.1 Å². The molecule has 3 N–H and O–H groups in total. The number of para-hydroxylation sites is 1. The Morgan fingerprint density at radius 3 is 2.62 bits per heavy atom. The van der Waals surface area contributed by atoms with E-state index in [4.69, 9.17) is 41.9 Å². The van der Waals surface area contributed by atoms with Gasteiger partial charge in [0.15, 0.2) is 6.23 Å². The first-order valence-electron chi connectivity index (χ1n) is 11.2. The third-order valence-electron chi connectivity index (χ3n) is 5.21. The molecule has 0 bridgehead atoms. The Kier molecular flexibility index (Phi) is 9.33. The van der Waals surface area contributed by atoms with Gasteiger partial charge in [-0.15, -0.1) is 0 Å². The van der Waals surface area contributed by atoms with Gasteiger partial charge >= 0.3 is 18.3 Å². The van der Waals surface area contributed by atoms with Crippen LogP contribution in [0, 0.1) is 6.92 Å². The van der Waals surface area contributed by atoms with Crippen LogP contribution in [0.5, 0.6) is 5.75 Å². The molecule has 2 aromatic rings. The number of aliphatic hydroxyl groups excluding tert-OH is 1. The molecule has 1 aliphatic rings. The highest BCUT2D eigenvalue weighted by Crippen LogP contribution is 2.48. The number of carbonyl (C=O) groups is 1. The SMILES string of the molecule is Cc1cn([C@@H]2O[C@H](COP(=S)(NC(C)C(=O)OC(C)C)Oc3ccccc3)[C@@H](O)[C@]2(F)Cl)c(=O)[nH]c1=O. The van der Waals surface area contributed by atoms with Gasteiger partial charge in [-0.25, -0.2) is 14.3 Å². The van der Waals surface area contributed by atoms with Gasteiger partial charge < -0.3 is 23.6 Å². The van der Waals surface area contributed by atoms with E-state index in [1.807, 2.05) is 4.98 Å². The molecule has 15 heteroatoms. The highest BCUT2D eigenvalue weighted by atomic mass is 35.5. The minimum Gasteiger partial charge on any atom is -0.462 e. The van der Waals surface area contributed by atoms with Gasteiger partial charge in [-0.2, -0.15) is 0 Å². The third kappa shape index (κ3) is 7.05. The first kappa shape index (κ1) is 29.4. The molecule has 6 atom stereocenters. The first-order valence-corrected chi connectivity index (χ1v) is 14.3. The van der Waals surface area contributed by atoms with Gasteiger partial charge in [0, 0.05) is 11.8 Å². The number of hydrogen-bond acceptors (Lipinski definition) is 9. The quantitative estimate of drug-likeness (QED) is 0.218. The van der Waals surface area contributed by atoms with Crippen molar-refractivity contribution in [3.63, 3.8) is 0 Å². The Morgan fingerprint density at radius 2 is 2.00 bits per heavy atom. The maximum atomic E-state index is 15.4. The molecule has 1 aromatic carbocycles. The number of ether oxygens (including phenoxy) is 2. The molecule has 11 nitrogen and oxygen atoms in total. The number of nitrogens with one attached hydrogen (secondary N) is 2. The van der Waals surface area contributed by atoms with E-state index in [9.17, 15) is 19.5 Å². The monoisotopic (exact) mass is 579 g/mol. The molecule has 1 fully saturated rings. The van der Waals surface area contributed by atoms with Crippen molar-refractivity contribution in [2.75, 3.05) is 6.61 Å². The van der Waals surface area contributed by atoms with E-state index in [1.54, 1.807) is 44.2 Å². The molecule has 0 saturated carbocycles. The summed E-state index contributed by atoms with van der Waals surface area (Å²) in [6.07, 6.45) is -4.44. The number of esters is 1. The van der Waals surface area contributed by atoms with Crippen molar-refractivity contribution in [1.29, 1.82) is 0 Å². The lowest BCUT2D eigenvalue weighted by atomic mass is 10.1. The molecule has 1 aromatic heterocycles. The van der Waals surface area contributed by atoms with Crippen LogP contribution >= 0.6 is 18.2 Å². The largest absolute Gasteiger partial charge is 0.462 e. The normalized spacial score (nSPS) is 26.0. The van der Waals surface area contributed by atoms with Gasteiger partial charge in [-0.1, -0.05) is 29.8 Å². The van der Waals surface area contributed by atoms with E-state index in [0.717, 1.165) is 10.8 Å². The van der Waals surface area contributed by atoms with E-state index >= 15 is 4.39 Å². The molecule has 3 rings (SSSR count). The number of benzene rings is 1. The second kappa shape index (κ2) is 11.7. The van der Waals surface area contributed by atoms with E-state index in [0.29, 0.717) is 5.75 Å². The maximum Gasteiger partial charge on any atom is 0.330 e. The van der Waals surface area contributed by atoms with Crippen LogP contribution in [-0.4, -0.2) is 56.7 Å². The summed E-state index contributed by atoms with van der Waals surface area (Å²) in [5.74, 6) is -0.265. The summed E-state index contributed by atoms with van der Waals surface area (Å²) < 4.78 is 38.5. The van der Waals surface area contributed by atoms with Gasteiger partial charge in [-0.3, -0.25) is 19.1 Å². The fourth-order valence-corrected chi connectivity index (χ4v) is 6.09. The van der Waals surface area contributed by atoms with Crippen molar-refractivity contribution < 1.29 is 32.8 Å². The van der Waals surface area contributed by atoms with Crippen molar-refractivity contribution in [2.45, 2.75) is 63.4 Å². The number of alkyl halides is 2. The predicted octanol–water partition coefficient (Wildman–Crippen LogP) is 2.26. The van der Waals surface area contributed by atoms with Gasteiger partial charge in [-0.05, 0) is 51.6 Å². The number of nitrogens with zero attached hydrogens (tertiary/aromatic N) is 1. The average molecular weight is 580 g/mol. The van der Waals surface area contributed by atoms with Crippen LogP contribution in [0.1, 0.15) is 32.6 Å². The number of aryl methyl sites for hydroxylation is 1. The first-order chi connectivity index (χ1) is 17.2. The molecule has 0 amide bonds. The molecule has 1 saturated heterocycles. The Labute approximate surface area is 222 Å². The molecule has 2 heterocycles. The summed E-state index contributed by atoms with van der Waals surface area (Å²) in [5.41, 5.74) is -1.54. The summed E-state index contributed by atoms with van der Waals surface area (Å²) in [7, 11) is 0. The summed E-state index contributed by atoms with van der Waals surface area (Å²) in [4.78, 5) is 38.3. The molecule has 0 aliphatic carbocycles. The molecule has 0 radical (unpaired) electrons. The van der Waals surface area contributed by atoms with Crippen LogP contribution < -0.4 is 20.9 Å². The van der Waals surface area contributed by atoms with Gasteiger partial charge in [0.05, 0.1) is 12.7 Å². The number of halogens is 2. The number of H-pyrrole nitrogens is 1. The number of aromatic amines is 1. The lowest BCUT2D eigenvalue weighted by molar-refractivity contribution is -0.149. The summed E-state index contributed by atoms with van der Waals surface area (Å²) in [5, 5.41) is 10.4. The molecule has 0 spiro atoms. The molecule has 2 unspecified atom stereocenters. The summed E-state index contributed by atoms with van der Waals surface area (Å²) >= 11 is 11.5. The van der Waals surface area contributed by atoms with E-state index < -0.39 is 60.1 Å². The number of aliphatic hydroxyl groups is 1. The van der Waals surface area contributed by atoms with Gasteiger partial charge in [0.2, 0.25) is 0 Å². The van der Waals surface area contributed by atoms with Crippen LogP contribution in [0.3, 0.4) is 0 Å². The molecular weight excluding hydrogens is 552 g/mol. The Balaban J connectivity index is 1.82. The zero-order valence-corrected chi connectivity index (χ0v) is 22.9. The lowest BCUT2D eigenvalue weighted by Gasteiger charge is -2.28. The summed E-state index contributed by atoms with van der Waals surface area (Å²) in [6.45, 7) is 2.26. The van der Waals surface area contributed by atoms with Crippen molar-refractivity contribution in [1.82, 2.24) is 14.6 Å². The van der Waals surface area contributed by atoms with E-state index in [2.05, 4.69) is 5.09 Å². The number of hydrogen-bond donors (Lipinski definition) is 3. The minimum atomic E-state index is -3.52. The topological polar surface area (TPSA) is 141 Å². The second-order valence-corrected chi connectivity index (χ2v) is 12.4. The Bertz CT molecular complexity index is 1270. The van der Waals surface area contributed by atoms with Crippen molar-refractivity contribution in [3.8, 4) is 5.75 Å². The fourth-order valence-electron chi connectivity index (χ4n) is 3.37. The van der Waals surface area contributed by atoms with Crippen LogP contribution in [0.4, 0.5) is 4.39 Å². The van der Waals surface area contributed by atoms with Gasteiger partial charge in [0.1, 0.15) is 24.0 Å².